The summed E-state index contributed by atoms with van der Waals surface area (Å²) in [6.07, 6.45) is -6.17. The Balaban J connectivity index is 3.01. The van der Waals surface area contributed by atoms with E-state index in [9.17, 15) is 31.9 Å². The predicted molar refractivity (Wildman–Crippen MR) is 59.6 cm³/mol. The molecule has 1 aromatic rings. The summed E-state index contributed by atoms with van der Waals surface area (Å²) in [6.45, 7) is 0. The summed E-state index contributed by atoms with van der Waals surface area (Å²) in [5, 5.41) is 9.38. The minimum Gasteiger partial charge on any atom is -0.507 e. The van der Waals surface area contributed by atoms with Gasteiger partial charge in [0.25, 0.3) is 0 Å². The maximum Gasteiger partial charge on any atom is 0.461 e. The van der Waals surface area contributed by atoms with Gasteiger partial charge in [0.1, 0.15) is 11.5 Å². The van der Waals surface area contributed by atoms with Crippen molar-refractivity contribution in [3.05, 3.63) is 35.9 Å². The van der Waals surface area contributed by atoms with E-state index in [1.165, 1.54) is 31.4 Å². The Labute approximate surface area is 110 Å². The molecule has 0 aromatic heterocycles. The molecule has 0 unspecified atom stereocenters. The van der Waals surface area contributed by atoms with Crippen molar-refractivity contribution in [2.75, 3.05) is 7.11 Å². The van der Waals surface area contributed by atoms with Gasteiger partial charge in [-0.1, -0.05) is 0 Å². The number of aliphatic hydroxyl groups is 1. The highest BCUT2D eigenvalue weighted by Crippen LogP contribution is 2.36. The minimum atomic E-state index is -6.01. The van der Waals surface area contributed by atoms with Crippen LogP contribution in [0.5, 0.6) is 5.75 Å². The van der Waals surface area contributed by atoms with Gasteiger partial charge in [-0.15, -0.1) is 0 Å². The Kier molecular flexibility index (Phi) is 4.36. The molecule has 0 bridgehead atoms. The third-order valence-corrected chi connectivity index (χ3v) is 2.32. The molecule has 0 aliphatic heterocycles. The summed E-state index contributed by atoms with van der Waals surface area (Å²) in [5.41, 5.74) is -0.0999. The number of ether oxygens (including phenoxy) is 1. The number of aliphatic hydroxyl groups excluding tert-OH is 1. The van der Waals surface area contributed by atoms with Crippen LogP contribution < -0.4 is 4.74 Å². The molecule has 0 spiro atoms. The van der Waals surface area contributed by atoms with Crippen LogP contribution in [-0.4, -0.2) is 30.1 Å². The van der Waals surface area contributed by atoms with E-state index in [0.717, 1.165) is 0 Å². The fourth-order valence-electron chi connectivity index (χ4n) is 1.20. The van der Waals surface area contributed by atoms with Gasteiger partial charge in [0.2, 0.25) is 5.78 Å². The van der Waals surface area contributed by atoms with Crippen LogP contribution in [0.3, 0.4) is 0 Å². The monoisotopic (exact) mass is 296 g/mol. The normalized spacial score (nSPS) is 13.2. The summed E-state index contributed by atoms with van der Waals surface area (Å²) >= 11 is 0. The lowest BCUT2D eigenvalue weighted by Crippen LogP contribution is -2.43. The van der Waals surface area contributed by atoms with Crippen molar-refractivity contribution >= 4 is 11.5 Å². The number of carbonyl (C=O) groups is 1. The molecular weight excluding hydrogens is 287 g/mol. The lowest BCUT2D eigenvalue weighted by molar-refractivity contribution is -0.266. The Morgan fingerprint density at radius 1 is 1.15 bits per heavy atom. The zero-order valence-corrected chi connectivity index (χ0v) is 10.0. The number of methoxy groups -OCH3 is 1. The van der Waals surface area contributed by atoms with Gasteiger partial charge in [0, 0.05) is 11.6 Å². The highest BCUT2D eigenvalue weighted by atomic mass is 19.4. The third-order valence-electron chi connectivity index (χ3n) is 2.32. The van der Waals surface area contributed by atoms with Gasteiger partial charge >= 0.3 is 12.1 Å². The lowest BCUT2D eigenvalue weighted by Gasteiger charge is -2.16. The molecule has 0 amide bonds. The molecule has 0 heterocycles. The maximum absolute atomic E-state index is 12.7. The van der Waals surface area contributed by atoms with E-state index in [0.29, 0.717) is 5.75 Å². The minimum absolute atomic E-state index is 0.0999. The molecule has 20 heavy (non-hydrogen) atoms. The quantitative estimate of drug-likeness (QED) is 0.526. The van der Waals surface area contributed by atoms with Crippen molar-refractivity contribution in [2.24, 2.45) is 0 Å². The van der Waals surface area contributed by atoms with Crippen molar-refractivity contribution in [2.45, 2.75) is 12.1 Å². The van der Waals surface area contributed by atoms with Crippen LogP contribution in [0.4, 0.5) is 22.0 Å². The molecule has 1 aromatic carbocycles. The molecule has 1 N–H and O–H groups in total. The van der Waals surface area contributed by atoms with Gasteiger partial charge in [0.05, 0.1) is 7.11 Å². The van der Waals surface area contributed by atoms with Gasteiger partial charge in [-0.2, -0.15) is 22.0 Å². The summed E-state index contributed by atoms with van der Waals surface area (Å²) in [6, 6.07) is 5.07. The Morgan fingerprint density at radius 2 is 1.65 bits per heavy atom. The molecule has 0 saturated carbocycles. The molecule has 0 radical (unpaired) electrons. The summed E-state index contributed by atoms with van der Waals surface area (Å²) in [5.74, 6) is -8.71. The van der Waals surface area contributed by atoms with Crippen LogP contribution >= 0.6 is 0 Å². The van der Waals surface area contributed by atoms with E-state index >= 15 is 0 Å². The van der Waals surface area contributed by atoms with Gasteiger partial charge < -0.3 is 9.84 Å². The largest absolute Gasteiger partial charge is 0.507 e. The Morgan fingerprint density at radius 3 is 2.05 bits per heavy atom. The van der Waals surface area contributed by atoms with Gasteiger partial charge in [0.15, 0.2) is 0 Å². The Bertz CT molecular complexity index is 517. The highest BCUT2D eigenvalue weighted by Gasteiger charge is 2.62. The zero-order chi connectivity index (χ0) is 15.6. The Hall–Kier alpha value is -2.12. The van der Waals surface area contributed by atoms with Crippen molar-refractivity contribution in [3.8, 4) is 5.75 Å². The van der Waals surface area contributed by atoms with Crippen LogP contribution in [0.15, 0.2) is 30.3 Å². The van der Waals surface area contributed by atoms with E-state index < -0.39 is 23.6 Å². The fourth-order valence-corrected chi connectivity index (χ4v) is 1.20. The molecule has 110 valence electrons. The second kappa shape index (κ2) is 5.48. The first-order valence-corrected chi connectivity index (χ1v) is 5.13. The molecule has 0 saturated heterocycles. The van der Waals surface area contributed by atoms with E-state index in [-0.39, 0.29) is 11.6 Å². The summed E-state index contributed by atoms with van der Waals surface area (Å²) in [7, 11) is 1.36. The molecule has 1 rings (SSSR count). The second-order valence-electron chi connectivity index (χ2n) is 3.69. The maximum atomic E-state index is 12.7. The SMILES string of the molecule is COc1ccc(/C(O)=C/C(=O)C(F)(F)C(F)(F)F)cc1. The number of rotatable bonds is 4. The average molecular weight is 296 g/mol. The molecule has 0 atom stereocenters. The average Bonchev–Trinajstić information content (AvgIpc) is 2.37. The van der Waals surface area contributed by atoms with Gasteiger partial charge in [-0.3, -0.25) is 4.79 Å². The number of halogens is 5. The van der Waals surface area contributed by atoms with Gasteiger partial charge in [-0.25, -0.2) is 0 Å². The van der Waals surface area contributed by atoms with Crippen molar-refractivity contribution in [1.82, 2.24) is 0 Å². The van der Waals surface area contributed by atoms with Crippen LogP contribution in [0.1, 0.15) is 5.56 Å². The second-order valence-corrected chi connectivity index (χ2v) is 3.69. The molecule has 0 aliphatic rings. The number of hydrogen-bond donors (Lipinski definition) is 1. The van der Waals surface area contributed by atoms with Crippen molar-refractivity contribution in [3.63, 3.8) is 0 Å². The molecular formula is C12H9F5O3. The van der Waals surface area contributed by atoms with Gasteiger partial charge in [-0.05, 0) is 24.3 Å². The van der Waals surface area contributed by atoms with E-state index in [2.05, 4.69) is 0 Å². The number of alkyl halides is 5. The van der Waals surface area contributed by atoms with E-state index in [1.54, 1.807) is 0 Å². The van der Waals surface area contributed by atoms with E-state index in [1.807, 2.05) is 0 Å². The topological polar surface area (TPSA) is 46.5 Å². The molecule has 0 aliphatic carbocycles. The molecule has 3 nitrogen and oxygen atoms in total. The number of benzene rings is 1. The number of ketones is 1. The van der Waals surface area contributed by atoms with Crippen molar-refractivity contribution < 1.29 is 36.6 Å². The third kappa shape index (κ3) is 3.25. The first kappa shape index (κ1) is 15.9. The first-order valence-electron chi connectivity index (χ1n) is 5.13. The first-order chi connectivity index (χ1) is 9.09. The lowest BCUT2D eigenvalue weighted by atomic mass is 10.1. The number of allylic oxidation sites excluding steroid dienone is 1. The van der Waals surface area contributed by atoms with Crippen LogP contribution in [0, 0.1) is 0 Å². The van der Waals surface area contributed by atoms with E-state index in [4.69, 9.17) is 4.74 Å². The van der Waals surface area contributed by atoms with Crippen molar-refractivity contribution in [1.29, 1.82) is 0 Å². The fraction of sp³-hybridized carbons (Fsp3) is 0.250. The predicted octanol–water partition coefficient (Wildman–Crippen LogP) is 3.36. The van der Waals surface area contributed by atoms with Crippen LogP contribution in [0.25, 0.3) is 5.76 Å². The molecule has 0 fully saturated rings. The summed E-state index contributed by atoms with van der Waals surface area (Å²) in [4.78, 5) is 10.9. The van der Waals surface area contributed by atoms with Crippen LogP contribution in [0.2, 0.25) is 0 Å². The zero-order valence-electron chi connectivity index (χ0n) is 10.0. The highest BCUT2D eigenvalue weighted by molar-refractivity contribution is 6.00. The smallest absolute Gasteiger partial charge is 0.461 e. The standard InChI is InChI=1S/C12H9F5O3/c1-20-8-4-2-7(3-5-8)9(18)6-10(19)11(13,14)12(15,16)17/h2-6,18H,1H3/b9-6-. The van der Waals surface area contributed by atoms with Crippen LogP contribution in [-0.2, 0) is 4.79 Å². The summed E-state index contributed by atoms with van der Waals surface area (Å²) < 4.78 is 65.9. The number of carbonyl (C=O) groups excluding carboxylic acids is 1. The number of hydrogen-bond acceptors (Lipinski definition) is 3. The molecule has 8 heteroatoms.